The van der Waals surface area contributed by atoms with Crippen LogP contribution in [-0.2, 0) is 23.9 Å². The maximum atomic E-state index is 14.3. The third-order valence-electron chi connectivity index (χ3n) is 8.78. The number of carbonyl (C=O) groups excluding carboxylic acids is 5. The number of benzene rings is 2. The van der Waals surface area contributed by atoms with Crippen molar-refractivity contribution in [3.8, 4) is 11.5 Å². The second-order valence-electron chi connectivity index (χ2n) is 10.7. The number of likely N-dealkylation sites (tertiary alicyclic amines) is 1. The number of nitrogens with zero attached hydrogens (tertiary/aromatic N) is 2. The standard InChI is InChI=1S/C29H23Cl2FN2O8/c1-41-20-11-15(35)7-8-17(20)22-16-9-10-18-21(24(37)34(23(18)36)27(40)42-2)19(16)12-28(30)25(38)33(26(39)29(22,28)31)14-5-3-13(32)4-6-14/h3-9,11,18-19,21-22,35H,10,12H2,1-2H3/t18-,19+,21-,22+,28+,29-/m0/s1. The lowest BCUT2D eigenvalue weighted by molar-refractivity contribution is -0.138. The fraction of sp³-hybridized carbons (Fsp3) is 0.345. The largest absolute Gasteiger partial charge is 0.508 e. The van der Waals surface area contributed by atoms with Gasteiger partial charge in [-0.05, 0) is 49.1 Å². The fourth-order valence-corrected chi connectivity index (χ4v) is 7.88. The Kier molecular flexibility index (Phi) is 6.39. The molecule has 2 aromatic carbocycles. The predicted molar refractivity (Wildman–Crippen MR) is 146 cm³/mol. The summed E-state index contributed by atoms with van der Waals surface area (Å²) >= 11 is 14.5. The van der Waals surface area contributed by atoms with Crippen molar-refractivity contribution in [3.05, 3.63) is 65.5 Å². The Hall–Kier alpha value is -3.96. The molecule has 2 aliphatic heterocycles. The minimum Gasteiger partial charge on any atom is -0.508 e. The van der Waals surface area contributed by atoms with Crippen molar-refractivity contribution in [2.75, 3.05) is 19.1 Å². The molecule has 0 unspecified atom stereocenters. The Morgan fingerprint density at radius 3 is 2.33 bits per heavy atom. The minimum absolute atomic E-state index is 0.0380. The summed E-state index contributed by atoms with van der Waals surface area (Å²) in [7, 11) is 2.39. The number of carbonyl (C=O) groups is 5. The number of ether oxygens (including phenoxy) is 2. The Labute approximate surface area is 248 Å². The Morgan fingerprint density at radius 1 is 1.00 bits per heavy atom. The highest BCUT2D eigenvalue weighted by Gasteiger charge is 2.77. The number of halogens is 3. The van der Waals surface area contributed by atoms with Crippen LogP contribution in [0.4, 0.5) is 14.9 Å². The summed E-state index contributed by atoms with van der Waals surface area (Å²) < 4.78 is 23.9. The Bertz CT molecular complexity index is 1610. The number of imide groups is 4. The summed E-state index contributed by atoms with van der Waals surface area (Å²) in [5.74, 6) is -8.01. The first-order valence-corrected chi connectivity index (χ1v) is 13.7. The average Bonchev–Trinajstić information content (AvgIpc) is 3.31. The van der Waals surface area contributed by atoms with E-state index >= 15 is 0 Å². The number of phenols is 1. The number of anilines is 1. The smallest absolute Gasteiger partial charge is 0.423 e. The molecule has 0 bridgehead atoms. The van der Waals surface area contributed by atoms with E-state index in [1.165, 1.54) is 37.4 Å². The van der Waals surface area contributed by atoms with Crippen LogP contribution in [-0.4, -0.2) is 63.7 Å². The molecule has 3 fully saturated rings. The van der Waals surface area contributed by atoms with Crippen LogP contribution in [0, 0.1) is 23.6 Å². The lowest BCUT2D eigenvalue weighted by Crippen LogP contribution is -2.60. The number of rotatable bonds is 3. The topological polar surface area (TPSA) is 131 Å². The number of fused-ring (bicyclic) bond motifs is 4. The summed E-state index contributed by atoms with van der Waals surface area (Å²) in [6, 6.07) is 8.80. The normalized spacial score (nSPS) is 31.9. The molecule has 2 aromatic rings. The quantitative estimate of drug-likeness (QED) is 0.312. The molecule has 0 radical (unpaired) electrons. The number of aromatic hydroxyl groups is 1. The summed E-state index contributed by atoms with van der Waals surface area (Å²) in [4.78, 5) is 64.5. The highest BCUT2D eigenvalue weighted by molar-refractivity contribution is 6.58. The highest BCUT2D eigenvalue weighted by Crippen LogP contribution is 2.66. The number of alkyl halides is 2. The van der Waals surface area contributed by atoms with Crippen LogP contribution in [0.25, 0.3) is 0 Å². The zero-order valence-electron chi connectivity index (χ0n) is 22.2. The summed E-state index contributed by atoms with van der Waals surface area (Å²) in [6.45, 7) is 0. The van der Waals surface area contributed by atoms with Gasteiger partial charge in [0.25, 0.3) is 11.8 Å². The lowest BCUT2D eigenvalue weighted by atomic mass is 9.56. The first kappa shape index (κ1) is 28.2. The molecule has 42 heavy (non-hydrogen) atoms. The molecule has 2 heterocycles. The number of methoxy groups -OCH3 is 2. The first-order chi connectivity index (χ1) is 19.9. The molecule has 13 heteroatoms. The molecule has 2 saturated heterocycles. The van der Waals surface area contributed by atoms with Crippen LogP contribution >= 0.6 is 23.2 Å². The molecule has 4 aliphatic rings. The molecule has 6 rings (SSSR count). The van der Waals surface area contributed by atoms with Gasteiger partial charge in [-0.25, -0.2) is 14.1 Å². The first-order valence-electron chi connectivity index (χ1n) is 13.0. The molecule has 6 atom stereocenters. The zero-order chi connectivity index (χ0) is 30.3. The molecule has 1 saturated carbocycles. The zero-order valence-corrected chi connectivity index (χ0v) is 23.7. The molecule has 10 nitrogen and oxygen atoms in total. The van der Waals surface area contributed by atoms with Gasteiger partial charge >= 0.3 is 6.09 Å². The van der Waals surface area contributed by atoms with E-state index in [0.29, 0.717) is 16.0 Å². The van der Waals surface area contributed by atoms with E-state index in [1.807, 2.05) is 0 Å². The lowest BCUT2D eigenvalue weighted by Gasteiger charge is -2.50. The van der Waals surface area contributed by atoms with Crippen molar-refractivity contribution in [2.45, 2.75) is 28.5 Å². The van der Waals surface area contributed by atoms with E-state index in [9.17, 15) is 33.5 Å². The molecule has 218 valence electrons. The second-order valence-corrected chi connectivity index (χ2v) is 11.9. The van der Waals surface area contributed by atoms with Crippen molar-refractivity contribution in [2.24, 2.45) is 17.8 Å². The van der Waals surface area contributed by atoms with Crippen LogP contribution in [0.5, 0.6) is 11.5 Å². The van der Waals surface area contributed by atoms with Crippen LogP contribution in [0.3, 0.4) is 0 Å². The van der Waals surface area contributed by atoms with Crippen LogP contribution in [0.2, 0.25) is 0 Å². The number of hydrogen-bond acceptors (Lipinski definition) is 8. The van der Waals surface area contributed by atoms with Crippen molar-refractivity contribution < 1.29 is 42.9 Å². The van der Waals surface area contributed by atoms with Crippen LogP contribution in [0.15, 0.2) is 54.1 Å². The predicted octanol–water partition coefficient (Wildman–Crippen LogP) is 3.87. The van der Waals surface area contributed by atoms with Crippen LogP contribution in [0.1, 0.15) is 24.3 Å². The number of phenolic OH excluding ortho intramolecular Hbond substituents is 1. The fourth-order valence-electron chi connectivity index (χ4n) is 6.95. The number of amides is 5. The van der Waals surface area contributed by atoms with Crippen molar-refractivity contribution >= 4 is 58.6 Å². The van der Waals surface area contributed by atoms with E-state index < -0.39 is 69.0 Å². The van der Waals surface area contributed by atoms with E-state index in [4.69, 9.17) is 27.9 Å². The maximum absolute atomic E-state index is 14.3. The van der Waals surface area contributed by atoms with Crippen molar-refractivity contribution in [3.63, 3.8) is 0 Å². The number of allylic oxidation sites excluding steroid dienone is 2. The average molecular weight is 617 g/mol. The van der Waals surface area contributed by atoms with E-state index in [0.717, 1.165) is 24.1 Å². The third-order valence-corrected chi connectivity index (χ3v) is 10.2. The van der Waals surface area contributed by atoms with Gasteiger partial charge in [0.1, 0.15) is 17.3 Å². The van der Waals surface area contributed by atoms with Crippen molar-refractivity contribution in [1.29, 1.82) is 0 Å². The van der Waals surface area contributed by atoms with Gasteiger partial charge in [0.05, 0.1) is 31.7 Å². The summed E-state index contributed by atoms with van der Waals surface area (Å²) in [6.07, 6.45) is 0.277. The van der Waals surface area contributed by atoms with Gasteiger partial charge in [-0.1, -0.05) is 17.7 Å². The van der Waals surface area contributed by atoms with Crippen LogP contribution < -0.4 is 9.64 Å². The van der Waals surface area contributed by atoms with Gasteiger partial charge < -0.3 is 14.6 Å². The summed E-state index contributed by atoms with van der Waals surface area (Å²) in [5.41, 5.74) is 0.797. The molecule has 0 aromatic heterocycles. The second kappa shape index (κ2) is 9.53. The number of hydrogen-bond donors (Lipinski definition) is 1. The molecule has 2 aliphatic carbocycles. The van der Waals surface area contributed by atoms with Gasteiger partial charge in [0, 0.05) is 17.5 Å². The molecule has 5 amide bonds. The Balaban J connectivity index is 1.58. The molecule has 0 spiro atoms. The van der Waals surface area contributed by atoms with Gasteiger partial charge in [0.2, 0.25) is 11.8 Å². The SMILES string of the molecule is COC(=O)N1C(=O)[C@H]2[C@H](CC=C3[C@H]2C[C@@]2(Cl)C(=O)N(c4ccc(F)cc4)C(=O)[C@@]2(Cl)[C@H]3c2ccc(O)cc2OC)C1=O. The van der Waals surface area contributed by atoms with Crippen molar-refractivity contribution in [1.82, 2.24) is 4.90 Å². The van der Waals surface area contributed by atoms with Gasteiger partial charge in [0.15, 0.2) is 9.75 Å². The molecular formula is C29H23Cl2FN2O8. The Morgan fingerprint density at radius 2 is 1.69 bits per heavy atom. The monoisotopic (exact) mass is 616 g/mol. The maximum Gasteiger partial charge on any atom is 0.423 e. The minimum atomic E-state index is -2.17. The molecular weight excluding hydrogens is 594 g/mol. The van der Waals surface area contributed by atoms with E-state index in [2.05, 4.69) is 4.74 Å². The highest BCUT2D eigenvalue weighted by atomic mass is 35.5. The molecule has 1 N–H and O–H groups in total. The third kappa shape index (κ3) is 3.53. The van der Waals surface area contributed by atoms with E-state index in [-0.39, 0.29) is 30.0 Å². The van der Waals surface area contributed by atoms with E-state index in [1.54, 1.807) is 6.08 Å². The van der Waals surface area contributed by atoms with Gasteiger partial charge in [-0.2, -0.15) is 4.90 Å². The van der Waals surface area contributed by atoms with Gasteiger partial charge in [-0.15, -0.1) is 23.2 Å². The van der Waals surface area contributed by atoms with Gasteiger partial charge in [-0.3, -0.25) is 19.2 Å². The summed E-state index contributed by atoms with van der Waals surface area (Å²) in [5, 5.41) is 10.2.